The zero-order valence-electron chi connectivity index (χ0n) is 8.90. The van der Waals surface area contributed by atoms with Gasteiger partial charge in [0.1, 0.15) is 0 Å². The highest BCUT2D eigenvalue weighted by atomic mass is 16.3. The molecule has 0 spiro atoms. The van der Waals surface area contributed by atoms with Crippen molar-refractivity contribution in [3.05, 3.63) is 36.0 Å². The summed E-state index contributed by atoms with van der Waals surface area (Å²) in [5, 5.41) is 10.1. The summed E-state index contributed by atoms with van der Waals surface area (Å²) in [5.41, 5.74) is 2.45. The van der Waals surface area contributed by atoms with Crippen molar-refractivity contribution in [2.24, 2.45) is 0 Å². The van der Waals surface area contributed by atoms with E-state index in [1.54, 1.807) is 0 Å². The number of likely N-dealkylation sites (N-methyl/N-ethyl adjacent to an activating group) is 1. The van der Waals surface area contributed by atoms with Crippen molar-refractivity contribution in [2.45, 2.75) is 6.54 Å². The van der Waals surface area contributed by atoms with Gasteiger partial charge in [-0.3, -0.25) is 4.90 Å². The molecule has 0 saturated heterocycles. The molecule has 2 rings (SSSR count). The highest BCUT2D eigenvalue weighted by Crippen LogP contribution is 2.18. The zero-order valence-corrected chi connectivity index (χ0v) is 8.90. The number of hydrogen-bond acceptors (Lipinski definition) is 2. The van der Waals surface area contributed by atoms with Crippen LogP contribution < -0.4 is 0 Å². The topological polar surface area (TPSA) is 39.3 Å². The highest BCUT2D eigenvalue weighted by molar-refractivity contribution is 5.82. The normalized spacial score (nSPS) is 11.4. The average molecular weight is 204 g/mol. The fourth-order valence-electron chi connectivity index (χ4n) is 1.80. The first-order valence-corrected chi connectivity index (χ1v) is 5.15. The molecule has 0 atom stereocenters. The molecule has 80 valence electrons. The summed E-state index contributed by atoms with van der Waals surface area (Å²) in [6.45, 7) is 1.78. The van der Waals surface area contributed by atoms with Crippen molar-refractivity contribution in [2.75, 3.05) is 20.2 Å². The van der Waals surface area contributed by atoms with Gasteiger partial charge in [0.25, 0.3) is 0 Å². The molecule has 3 heteroatoms. The number of H-pyrrole nitrogens is 1. The molecule has 0 amide bonds. The van der Waals surface area contributed by atoms with E-state index in [9.17, 15) is 0 Å². The van der Waals surface area contributed by atoms with Crippen molar-refractivity contribution < 1.29 is 5.11 Å². The number of fused-ring (bicyclic) bond motifs is 1. The molecule has 3 nitrogen and oxygen atoms in total. The van der Waals surface area contributed by atoms with Crippen LogP contribution in [0.25, 0.3) is 10.9 Å². The molecular weight excluding hydrogens is 188 g/mol. The summed E-state index contributed by atoms with van der Waals surface area (Å²) in [6.07, 6.45) is 2.04. The van der Waals surface area contributed by atoms with Gasteiger partial charge >= 0.3 is 0 Å². The van der Waals surface area contributed by atoms with Gasteiger partial charge in [-0.05, 0) is 18.7 Å². The second-order valence-corrected chi connectivity index (χ2v) is 3.82. The first-order valence-electron chi connectivity index (χ1n) is 5.15. The standard InChI is InChI=1S/C12H16N2O/c1-14(6-7-15)9-10-8-13-12-5-3-2-4-11(10)12/h2-5,8,13,15H,6-7,9H2,1H3. The third-order valence-corrected chi connectivity index (χ3v) is 2.60. The van der Waals surface area contributed by atoms with Crippen LogP contribution in [0.3, 0.4) is 0 Å². The third kappa shape index (κ3) is 2.19. The molecule has 1 aromatic heterocycles. The fourth-order valence-corrected chi connectivity index (χ4v) is 1.80. The van der Waals surface area contributed by atoms with E-state index < -0.39 is 0 Å². The van der Waals surface area contributed by atoms with Gasteiger partial charge < -0.3 is 10.1 Å². The Kier molecular flexibility index (Phi) is 3.04. The van der Waals surface area contributed by atoms with Gasteiger partial charge in [-0.15, -0.1) is 0 Å². The smallest absolute Gasteiger partial charge is 0.0558 e. The Bertz CT molecular complexity index is 436. The summed E-state index contributed by atoms with van der Waals surface area (Å²) in [4.78, 5) is 5.35. The zero-order chi connectivity index (χ0) is 10.7. The van der Waals surface area contributed by atoms with Gasteiger partial charge in [0.05, 0.1) is 6.61 Å². The molecule has 0 radical (unpaired) electrons. The second kappa shape index (κ2) is 4.47. The van der Waals surface area contributed by atoms with Crippen LogP contribution in [0.2, 0.25) is 0 Å². The molecular formula is C12H16N2O. The highest BCUT2D eigenvalue weighted by Gasteiger charge is 2.05. The molecule has 2 N–H and O–H groups in total. The number of nitrogens with zero attached hydrogens (tertiary/aromatic N) is 1. The Balaban J connectivity index is 2.21. The molecule has 1 heterocycles. The van der Waals surface area contributed by atoms with E-state index in [0.717, 1.165) is 6.54 Å². The van der Waals surface area contributed by atoms with Crippen molar-refractivity contribution >= 4 is 10.9 Å². The Morgan fingerprint density at radius 2 is 2.13 bits per heavy atom. The first-order chi connectivity index (χ1) is 7.31. The van der Waals surface area contributed by atoms with E-state index in [4.69, 9.17) is 5.11 Å². The SMILES string of the molecule is CN(CCO)Cc1c[nH]c2ccccc12. The summed E-state index contributed by atoms with van der Waals surface area (Å²) >= 11 is 0. The van der Waals surface area contributed by atoms with Gasteiger partial charge in [0.15, 0.2) is 0 Å². The number of para-hydroxylation sites is 1. The van der Waals surface area contributed by atoms with Crippen molar-refractivity contribution in [1.29, 1.82) is 0 Å². The van der Waals surface area contributed by atoms with Crippen LogP contribution >= 0.6 is 0 Å². The molecule has 0 aliphatic rings. The molecule has 0 aliphatic heterocycles. The van der Waals surface area contributed by atoms with Crippen LogP contribution in [0.4, 0.5) is 0 Å². The molecule has 0 aliphatic carbocycles. The van der Waals surface area contributed by atoms with Crippen LogP contribution in [-0.2, 0) is 6.54 Å². The maximum atomic E-state index is 8.83. The number of aromatic nitrogens is 1. The number of nitrogens with one attached hydrogen (secondary N) is 1. The van der Waals surface area contributed by atoms with E-state index in [0.29, 0.717) is 6.54 Å². The van der Waals surface area contributed by atoms with Gasteiger partial charge in [-0.25, -0.2) is 0 Å². The van der Waals surface area contributed by atoms with Gasteiger partial charge in [0, 0.05) is 30.2 Å². The fraction of sp³-hybridized carbons (Fsp3) is 0.333. The third-order valence-electron chi connectivity index (χ3n) is 2.60. The number of aliphatic hydroxyl groups is 1. The van der Waals surface area contributed by atoms with E-state index in [1.165, 1.54) is 16.5 Å². The Morgan fingerprint density at radius 1 is 1.33 bits per heavy atom. The summed E-state index contributed by atoms with van der Waals surface area (Å²) < 4.78 is 0. The Hall–Kier alpha value is -1.32. The van der Waals surface area contributed by atoms with Crippen LogP contribution in [0.1, 0.15) is 5.56 Å². The molecule has 0 fully saturated rings. The summed E-state index contributed by atoms with van der Waals surface area (Å²) in [5.74, 6) is 0. The molecule has 1 aromatic carbocycles. The summed E-state index contributed by atoms with van der Waals surface area (Å²) in [6, 6.07) is 8.27. The van der Waals surface area contributed by atoms with Crippen LogP contribution in [-0.4, -0.2) is 35.2 Å². The van der Waals surface area contributed by atoms with Gasteiger partial charge in [-0.1, -0.05) is 18.2 Å². The van der Waals surface area contributed by atoms with Crippen molar-refractivity contribution in [3.63, 3.8) is 0 Å². The van der Waals surface area contributed by atoms with Crippen molar-refractivity contribution in [1.82, 2.24) is 9.88 Å². The molecule has 0 saturated carbocycles. The molecule has 0 unspecified atom stereocenters. The first kappa shape index (κ1) is 10.2. The lowest BCUT2D eigenvalue weighted by molar-refractivity contribution is 0.217. The summed E-state index contributed by atoms with van der Waals surface area (Å²) in [7, 11) is 2.01. The predicted molar refractivity (Wildman–Crippen MR) is 61.7 cm³/mol. The maximum absolute atomic E-state index is 8.83. The molecule has 15 heavy (non-hydrogen) atoms. The maximum Gasteiger partial charge on any atom is 0.0558 e. The van der Waals surface area contributed by atoms with E-state index in [2.05, 4.69) is 22.0 Å². The van der Waals surface area contributed by atoms with E-state index in [-0.39, 0.29) is 6.61 Å². The van der Waals surface area contributed by atoms with Crippen LogP contribution in [0.5, 0.6) is 0 Å². The van der Waals surface area contributed by atoms with E-state index >= 15 is 0 Å². The molecule has 0 bridgehead atoms. The van der Waals surface area contributed by atoms with Crippen LogP contribution in [0, 0.1) is 0 Å². The number of rotatable bonds is 4. The monoisotopic (exact) mass is 204 g/mol. The Morgan fingerprint density at radius 3 is 2.93 bits per heavy atom. The number of benzene rings is 1. The quantitative estimate of drug-likeness (QED) is 0.794. The lowest BCUT2D eigenvalue weighted by Gasteiger charge is -2.13. The lowest BCUT2D eigenvalue weighted by atomic mass is 10.2. The lowest BCUT2D eigenvalue weighted by Crippen LogP contribution is -2.21. The van der Waals surface area contributed by atoms with Gasteiger partial charge in [-0.2, -0.15) is 0 Å². The van der Waals surface area contributed by atoms with Gasteiger partial charge in [0.2, 0.25) is 0 Å². The minimum Gasteiger partial charge on any atom is -0.395 e. The molecule has 2 aromatic rings. The minimum atomic E-state index is 0.207. The van der Waals surface area contributed by atoms with Crippen LogP contribution in [0.15, 0.2) is 30.5 Å². The number of hydrogen-bond donors (Lipinski definition) is 2. The number of aromatic amines is 1. The number of aliphatic hydroxyl groups excluding tert-OH is 1. The minimum absolute atomic E-state index is 0.207. The largest absolute Gasteiger partial charge is 0.395 e. The Labute approximate surface area is 89.3 Å². The average Bonchev–Trinajstić information content (AvgIpc) is 2.62. The predicted octanol–water partition coefficient (Wildman–Crippen LogP) is 1.59. The van der Waals surface area contributed by atoms with Crippen molar-refractivity contribution in [3.8, 4) is 0 Å². The van der Waals surface area contributed by atoms with E-state index in [1.807, 2.05) is 25.4 Å². The second-order valence-electron chi connectivity index (χ2n) is 3.82.